The molecule has 1 fully saturated rings. The number of aromatic nitrogens is 2. The highest BCUT2D eigenvalue weighted by Crippen LogP contribution is 2.30. The van der Waals surface area contributed by atoms with Crippen molar-refractivity contribution in [3.8, 4) is 0 Å². The van der Waals surface area contributed by atoms with E-state index in [0.717, 1.165) is 0 Å². The molecule has 118 valence electrons. The van der Waals surface area contributed by atoms with Gasteiger partial charge in [0.15, 0.2) is 0 Å². The fourth-order valence-electron chi connectivity index (χ4n) is 2.51. The standard InChI is InChI=1S/C13H13F3N4O2/c14-7-1-2-8-9(5-7)18-11(17-8)20-4-3-13(15,16)10(6-20)19-12(21)22/h1-2,5,10,19H,3-4,6H2,(H,17,18)(H,21,22). The normalized spacial score (nSPS) is 21.0. The predicted molar refractivity (Wildman–Crippen MR) is 72.8 cm³/mol. The van der Waals surface area contributed by atoms with Crippen LogP contribution in [0.2, 0.25) is 0 Å². The number of fused-ring (bicyclic) bond motifs is 1. The van der Waals surface area contributed by atoms with Crippen molar-refractivity contribution in [2.45, 2.75) is 18.4 Å². The van der Waals surface area contributed by atoms with E-state index < -0.39 is 30.3 Å². The molecule has 2 aromatic rings. The third-order valence-corrected chi connectivity index (χ3v) is 3.66. The number of hydrogen-bond donors (Lipinski definition) is 3. The van der Waals surface area contributed by atoms with E-state index in [1.165, 1.54) is 23.1 Å². The van der Waals surface area contributed by atoms with Gasteiger partial charge < -0.3 is 20.3 Å². The van der Waals surface area contributed by atoms with Crippen LogP contribution >= 0.6 is 0 Å². The molecule has 0 spiro atoms. The van der Waals surface area contributed by atoms with Gasteiger partial charge in [-0.05, 0) is 18.2 Å². The molecule has 9 heteroatoms. The smallest absolute Gasteiger partial charge is 0.405 e. The lowest BCUT2D eigenvalue weighted by atomic mass is 10.0. The number of benzene rings is 1. The van der Waals surface area contributed by atoms with E-state index in [1.807, 2.05) is 5.32 Å². The van der Waals surface area contributed by atoms with Crippen molar-refractivity contribution in [1.29, 1.82) is 0 Å². The van der Waals surface area contributed by atoms with Crippen LogP contribution in [0, 0.1) is 5.82 Å². The van der Waals surface area contributed by atoms with E-state index in [2.05, 4.69) is 9.97 Å². The van der Waals surface area contributed by atoms with Gasteiger partial charge in [-0.3, -0.25) is 0 Å². The average Bonchev–Trinajstić information content (AvgIpc) is 2.83. The van der Waals surface area contributed by atoms with Crippen LogP contribution in [0.15, 0.2) is 18.2 Å². The maximum atomic E-state index is 13.7. The summed E-state index contributed by atoms with van der Waals surface area (Å²) in [6, 6.07) is 2.48. The van der Waals surface area contributed by atoms with Crippen LogP contribution < -0.4 is 10.2 Å². The molecule has 0 saturated carbocycles. The molecule has 6 nitrogen and oxygen atoms in total. The molecule has 0 aliphatic carbocycles. The molecule has 1 unspecified atom stereocenters. The molecule has 2 heterocycles. The number of amides is 1. The third-order valence-electron chi connectivity index (χ3n) is 3.66. The summed E-state index contributed by atoms with van der Waals surface area (Å²) >= 11 is 0. The van der Waals surface area contributed by atoms with Gasteiger partial charge in [0.2, 0.25) is 5.95 Å². The lowest BCUT2D eigenvalue weighted by molar-refractivity contribution is -0.0494. The lowest BCUT2D eigenvalue weighted by Crippen LogP contribution is -2.58. The van der Waals surface area contributed by atoms with Crippen molar-refractivity contribution < 1.29 is 23.1 Å². The molecule has 22 heavy (non-hydrogen) atoms. The number of alkyl halides is 2. The quantitative estimate of drug-likeness (QED) is 0.793. The summed E-state index contributed by atoms with van der Waals surface area (Å²) in [5, 5.41) is 10.5. The number of carboxylic acid groups (broad SMARTS) is 1. The molecule has 1 saturated heterocycles. The Morgan fingerprint density at radius 1 is 1.50 bits per heavy atom. The maximum absolute atomic E-state index is 13.7. The molecule has 1 aliphatic rings. The van der Waals surface area contributed by atoms with Crippen LogP contribution in [0.4, 0.5) is 23.9 Å². The minimum atomic E-state index is -3.12. The summed E-state index contributed by atoms with van der Waals surface area (Å²) < 4.78 is 40.6. The fraction of sp³-hybridized carbons (Fsp3) is 0.385. The molecular formula is C13H13F3N4O2. The van der Waals surface area contributed by atoms with Gasteiger partial charge in [-0.2, -0.15) is 0 Å². The van der Waals surface area contributed by atoms with Crippen LogP contribution in [0.5, 0.6) is 0 Å². The van der Waals surface area contributed by atoms with Crippen molar-refractivity contribution in [2.75, 3.05) is 18.0 Å². The summed E-state index contributed by atoms with van der Waals surface area (Å²) in [6.07, 6.45) is -2.00. The number of anilines is 1. The van der Waals surface area contributed by atoms with Crippen molar-refractivity contribution in [3.05, 3.63) is 24.0 Å². The average molecular weight is 314 g/mol. The predicted octanol–water partition coefficient (Wildman–Crippen LogP) is 2.18. The molecule has 1 aliphatic heterocycles. The largest absolute Gasteiger partial charge is 0.465 e. The highest BCUT2D eigenvalue weighted by molar-refractivity contribution is 5.77. The summed E-state index contributed by atoms with van der Waals surface area (Å²) in [5.74, 6) is -3.24. The van der Waals surface area contributed by atoms with Gasteiger partial charge in [0.1, 0.15) is 11.9 Å². The molecule has 0 radical (unpaired) electrons. The minimum absolute atomic E-state index is 0.0209. The molecular weight excluding hydrogens is 301 g/mol. The Labute approximate surface area is 122 Å². The SMILES string of the molecule is O=C(O)NC1CN(c2nc3ccc(F)cc3[nH]2)CCC1(F)F. The van der Waals surface area contributed by atoms with Gasteiger partial charge in [0, 0.05) is 19.5 Å². The van der Waals surface area contributed by atoms with E-state index in [4.69, 9.17) is 5.11 Å². The monoisotopic (exact) mass is 314 g/mol. The molecule has 0 bridgehead atoms. The van der Waals surface area contributed by atoms with E-state index in [1.54, 1.807) is 0 Å². The van der Waals surface area contributed by atoms with Crippen LogP contribution in [0.25, 0.3) is 11.0 Å². The van der Waals surface area contributed by atoms with Gasteiger partial charge in [0.25, 0.3) is 5.92 Å². The number of halogens is 3. The van der Waals surface area contributed by atoms with Gasteiger partial charge in [-0.25, -0.2) is 22.9 Å². The fourth-order valence-corrected chi connectivity index (χ4v) is 2.51. The van der Waals surface area contributed by atoms with Crippen LogP contribution in [-0.2, 0) is 0 Å². The van der Waals surface area contributed by atoms with Crippen molar-refractivity contribution >= 4 is 23.1 Å². The number of nitrogens with one attached hydrogen (secondary N) is 2. The molecule has 3 rings (SSSR count). The Bertz CT molecular complexity index is 718. The van der Waals surface area contributed by atoms with Gasteiger partial charge >= 0.3 is 6.09 Å². The summed E-state index contributed by atoms with van der Waals surface area (Å²) in [6.45, 7) is -0.200. The lowest BCUT2D eigenvalue weighted by Gasteiger charge is -2.37. The zero-order chi connectivity index (χ0) is 15.9. The number of rotatable bonds is 2. The first kappa shape index (κ1) is 14.5. The summed E-state index contributed by atoms with van der Waals surface area (Å²) in [5.41, 5.74) is 0.964. The number of piperidine rings is 1. The van der Waals surface area contributed by atoms with Crippen LogP contribution in [0.3, 0.4) is 0 Å². The second-order valence-electron chi connectivity index (χ2n) is 5.18. The number of nitrogens with zero attached hydrogens (tertiary/aromatic N) is 2. The molecule has 1 atom stereocenters. The number of carbonyl (C=O) groups is 1. The second-order valence-corrected chi connectivity index (χ2v) is 5.18. The Morgan fingerprint density at radius 2 is 2.27 bits per heavy atom. The Hall–Kier alpha value is -2.45. The number of imidazole rings is 1. The van der Waals surface area contributed by atoms with Crippen molar-refractivity contribution in [1.82, 2.24) is 15.3 Å². The zero-order valence-electron chi connectivity index (χ0n) is 11.3. The first-order valence-corrected chi connectivity index (χ1v) is 6.63. The first-order chi connectivity index (χ1) is 10.3. The Morgan fingerprint density at radius 3 is 3.00 bits per heavy atom. The molecule has 1 amide bonds. The first-order valence-electron chi connectivity index (χ1n) is 6.63. The van der Waals surface area contributed by atoms with Gasteiger partial charge in [-0.1, -0.05) is 0 Å². The maximum Gasteiger partial charge on any atom is 0.405 e. The molecule has 1 aromatic carbocycles. The topological polar surface area (TPSA) is 81.2 Å². The molecule has 3 N–H and O–H groups in total. The number of hydrogen-bond acceptors (Lipinski definition) is 3. The van der Waals surface area contributed by atoms with E-state index in [0.29, 0.717) is 17.0 Å². The van der Waals surface area contributed by atoms with Crippen LogP contribution in [0.1, 0.15) is 6.42 Å². The Kier molecular flexibility index (Phi) is 3.34. The number of aromatic amines is 1. The second kappa shape index (κ2) is 5.08. The van der Waals surface area contributed by atoms with E-state index >= 15 is 0 Å². The van der Waals surface area contributed by atoms with Gasteiger partial charge in [-0.15, -0.1) is 0 Å². The third kappa shape index (κ3) is 2.66. The van der Waals surface area contributed by atoms with Crippen molar-refractivity contribution in [3.63, 3.8) is 0 Å². The zero-order valence-corrected chi connectivity index (χ0v) is 11.3. The van der Waals surface area contributed by atoms with Gasteiger partial charge in [0.05, 0.1) is 11.0 Å². The summed E-state index contributed by atoms with van der Waals surface area (Å²) in [7, 11) is 0. The van der Waals surface area contributed by atoms with Crippen LogP contribution in [-0.4, -0.2) is 46.2 Å². The minimum Gasteiger partial charge on any atom is -0.465 e. The highest BCUT2D eigenvalue weighted by atomic mass is 19.3. The van der Waals surface area contributed by atoms with E-state index in [-0.39, 0.29) is 13.1 Å². The summed E-state index contributed by atoms with van der Waals surface area (Å²) in [4.78, 5) is 19.3. The van der Waals surface area contributed by atoms with Crippen molar-refractivity contribution in [2.24, 2.45) is 0 Å². The Balaban J connectivity index is 1.85. The molecule has 1 aromatic heterocycles. The van der Waals surface area contributed by atoms with E-state index in [9.17, 15) is 18.0 Å². The highest BCUT2D eigenvalue weighted by Gasteiger charge is 2.45. The number of H-pyrrole nitrogens is 1.